The van der Waals surface area contributed by atoms with Crippen molar-refractivity contribution < 1.29 is 22.7 Å². The minimum Gasteiger partial charge on any atom is -0.495 e. The van der Waals surface area contributed by atoms with Crippen LogP contribution in [0.3, 0.4) is 0 Å². The van der Waals surface area contributed by atoms with Crippen LogP contribution in [0, 0.1) is 0 Å². The fourth-order valence-electron chi connectivity index (χ4n) is 2.40. The lowest BCUT2D eigenvalue weighted by atomic mass is 10.1. The Balaban J connectivity index is 1.87. The summed E-state index contributed by atoms with van der Waals surface area (Å²) >= 11 is 1.39. The Morgan fingerprint density at radius 3 is 2.73 bits per heavy atom. The number of amides is 2. The molecule has 0 atom stereocenters. The summed E-state index contributed by atoms with van der Waals surface area (Å²) in [5, 5.41) is 10.5. The van der Waals surface area contributed by atoms with Crippen molar-refractivity contribution in [3.63, 3.8) is 0 Å². The molecule has 0 spiro atoms. The van der Waals surface area contributed by atoms with Gasteiger partial charge in [-0.2, -0.15) is 0 Å². The summed E-state index contributed by atoms with van der Waals surface area (Å²) in [7, 11) is -2.69. The Labute approximate surface area is 154 Å². The summed E-state index contributed by atoms with van der Waals surface area (Å²) in [6, 6.07) is 9.07. The van der Waals surface area contributed by atoms with Crippen LogP contribution < -0.4 is 20.5 Å². The zero-order valence-corrected chi connectivity index (χ0v) is 15.2. The van der Waals surface area contributed by atoms with Crippen LogP contribution in [0.5, 0.6) is 5.75 Å². The van der Waals surface area contributed by atoms with E-state index in [1.165, 1.54) is 37.1 Å². The normalized spacial score (nSPS) is 13.5. The summed E-state index contributed by atoms with van der Waals surface area (Å²) < 4.78 is 28.3. The molecule has 0 radical (unpaired) electrons. The van der Waals surface area contributed by atoms with E-state index in [0.29, 0.717) is 17.0 Å². The van der Waals surface area contributed by atoms with Crippen molar-refractivity contribution in [3.05, 3.63) is 42.0 Å². The van der Waals surface area contributed by atoms with Gasteiger partial charge in [0.2, 0.25) is 15.9 Å². The number of thioether (sulfide) groups is 1. The number of sulfonamides is 1. The topological polar surface area (TPSA) is 128 Å². The molecule has 1 heterocycles. The minimum absolute atomic E-state index is 0.0824. The van der Waals surface area contributed by atoms with Crippen LogP contribution >= 0.6 is 11.8 Å². The second-order valence-electron chi connectivity index (χ2n) is 5.41. The number of rotatable bonds is 4. The van der Waals surface area contributed by atoms with Gasteiger partial charge in [-0.25, -0.2) is 13.6 Å². The van der Waals surface area contributed by atoms with Gasteiger partial charge in [0.05, 0.1) is 18.6 Å². The number of benzene rings is 2. The molecule has 0 bridgehead atoms. The van der Waals surface area contributed by atoms with Gasteiger partial charge in [0, 0.05) is 16.1 Å². The highest BCUT2D eigenvalue weighted by Gasteiger charge is 2.19. The van der Waals surface area contributed by atoms with Crippen LogP contribution in [0.4, 0.5) is 11.4 Å². The predicted molar refractivity (Wildman–Crippen MR) is 98.1 cm³/mol. The number of nitrogens with two attached hydrogens (primary N) is 1. The summed E-state index contributed by atoms with van der Waals surface area (Å²) in [6.45, 7) is 0. The van der Waals surface area contributed by atoms with Crippen LogP contribution in [0.15, 0.2) is 46.2 Å². The number of carbonyl (C=O) groups excluding carboxylic acids is 2. The smallest absolute Gasteiger partial charge is 0.255 e. The number of nitrogens with one attached hydrogen (secondary N) is 2. The van der Waals surface area contributed by atoms with E-state index in [-0.39, 0.29) is 22.2 Å². The van der Waals surface area contributed by atoms with Gasteiger partial charge < -0.3 is 15.4 Å². The highest BCUT2D eigenvalue weighted by atomic mass is 32.2. The van der Waals surface area contributed by atoms with Gasteiger partial charge in [0.15, 0.2) is 0 Å². The van der Waals surface area contributed by atoms with Crippen molar-refractivity contribution in [3.8, 4) is 5.75 Å². The second kappa shape index (κ2) is 6.98. The van der Waals surface area contributed by atoms with E-state index in [2.05, 4.69) is 10.6 Å². The first-order valence-corrected chi connectivity index (χ1v) is 9.90. The van der Waals surface area contributed by atoms with Gasteiger partial charge in [-0.3, -0.25) is 9.59 Å². The first-order valence-electron chi connectivity index (χ1n) is 7.37. The zero-order chi connectivity index (χ0) is 18.9. The predicted octanol–water partition coefficient (Wildman–Crippen LogP) is 1.64. The van der Waals surface area contributed by atoms with Crippen molar-refractivity contribution in [2.45, 2.75) is 9.79 Å². The zero-order valence-electron chi connectivity index (χ0n) is 13.6. The van der Waals surface area contributed by atoms with Crippen LogP contribution in [0.1, 0.15) is 10.4 Å². The molecule has 0 aliphatic carbocycles. The maximum atomic E-state index is 12.5. The van der Waals surface area contributed by atoms with Crippen molar-refractivity contribution in [2.75, 3.05) is 23.5 Å². The molecule has 0 fully saturated rings. The van der Waals surface area contributed by atoms with Crippen molar-refractivity contribution in [1.82, 2.24) is 0 Å². The molecule has 3 rings (SSSR count). The molecule has 2 aromatic carbocycles. The molecule has 136 valence electrons. The third-order valence-electron chi connectivity index (χ3n) is 3.60. The number of hydrogen-bond donors (Lipinski definition) is 3. The van der Waals surface area contributed by atoms with Gasteiger partial charge in [0.1, 0.15) is 10.6 Å². The van der Waals surface area contributed by atoms with E-state index in [9.17, 15) is 18.0 Å². The van der Waals surface area contributed by atoms with Gasteiger partial charge >= 0.3 is 0 Å². The van der Waals surface area contributed by atoms with Crippen LogP contribution in [0.2, 0.25) is 0 Å². The fourth-order valence-corrected chi connectivity index (χ4v) is 3.92. The Bertz CT molecular complexity index is 1000. The van der Waals surface area contributed by atoms with Crippen molar-refractivity contribution in [2.24, 2.45) is 5.14 Å². The first kappa shape index (κ1) is 18.2. The first-order chi connectivity index (χ1) is 12.3. The van der Waals surface area contributed by atoms with Gasteiger partial charge in [-0.1, -0.05) is 0 Å². The largest absolute Gasteiger partial charge is 0.495 e. The minimum atomic E-state index is -4.01. The number of primary sulfonamides is 1. The maximum absolute atomic E-state index is 12.5. The molecule has 2 aromatic rings. The second-order valence-corrected chi connectivity index (χ2v) is 7.96. The number of carbonyl (C=O) groups is 2. The highest BCUT2D eigenvalue weighted by Crippen LogP contribution is 2.32. The monoisotopic (exact) mass is 393 g/mol. The molecule has 0 saturated heterocycles. The Morgan fingerprint density at radius 1 is 1.27 bits per heavy atom. The van der Waals surface area contributed by atoms with E-state index < -0.39 is 15.9 Å². The molecule has 0 saturated carbocycles. The molecular weight excluding hydrogens is 378 g/mol. The SMILES string of the molecule is COc1ccc(NC(=O)c2ccc3c(c2)NC(=O)CS3)cc1S(N)(=O)=O. The summed E-state index contributed by atoms with van der Waals surface area (Å²) in [6.07, 6.45) is 0. The molecular formula is C16H15N3O5S2. The number of fused-ring (bicyclic) bond motifs is 1. The summed E-state index contributed by atoms with van der Waals surface area (Å²) in [5.74, 6) is -0.170. The van der Waals surface area contributed by atoms with Crippen molar-refractivity contribution in [1.29, 1.82) is 0 Å². The van der Waals surface area contributed by atoms with E-state index in [0.717, 1.165) is 4.90 Å². The van der Waals surface area contributed by atoms with Gasteiger partial charge in [0.25, 0.3) is 5.91 Å². The van der Waals surface area contributed by atoms with Crippen LogP contribution in [-0.2, 0) is 14.8 Å². The average molecular weight is 393 g/mol. The quantitative estimate of drug-likeness (QED) is 0.724. The van der Waals surface area contributed by atoms with E-state index in [1.54, 1.807) is 18.2 Å². The van der Waals surface area contributed by atoms with Crippen LogP contribution in [0.25, 0.3) is 0 Å². The molecule has 8 nitrogen and oxygen atoms in total. The number of methoxy groups -OCH3 is 1. The Morgan fingerprint density at radius 2 is 2.04 bits per heavy atom. The number of ether oxygens (including phenoxy) is 1. The van der Waals surface area contributed by atoms with Gasteiger partial charge in [-0.15, -0.1) is 11.8 Å². The average Bonchev–Trinajstić information content (AvgIpc) is 2.60. The van der Waals surface area contributed by atoms with E-state index in [1.807, 2.05) is 0 Å². The maximum Gasteiger partial charge on any atom is 0.255 e. The fraction of sp³-hybridized carbons (Fsp3) is 0.125. The lowest BCUT2D eigenvalue weighted by Crippen LogP contribution is -2.20. The number of hydrogen-bond acceptors (Lipinski definition) is 6. The Kier molecular flexibility index (Phi) is 4.90. The lowest BCUT2D eigenvalue weighted by Gasteiger charge is -2.17. The van der Waals surface area contributed by atoms with E-state index >= 15 is 0 Å². The lowest BCUT2D eigenvalue weighted by molar-refractivity contribution is -0.113. The molecule has 1 aliphatic rings. The summed E-state index contributed by atoms with van der Waals surface area (Å²) in [4.78, 5) is 24.6. The van der Waals surface area contributed by atoms with E-state index in [4.69, 9.17) is 9.88 Å². The molecule has 0 unspecified atom stereocenters. The molecule has 0 aromatic heterocycles. The Hall–Kier alpha value is -2.56. The molecule has 4 N–H and O–H groups in total. The van der Waals surface area contributed by atoms with Gasteiger partial charge in [-0.05, 0) is 36.4 Å². The molecule has 2 amide bonds. The van der Waals surface area contributed by atoms with Crippen LogP contribution in [-0.4, -0.2) is 33.1 Å². The molecule has 10 heteroatoms. The highest BCUT2D eigenvalue weighted by molar-refractivity contribution is 8.00. The third-order valence-corrected chi connectivity index (χ3v) is 5.61. The molecule has 26 heavy (non-hydrogen) atoms. The van der Waals surface area contributed by atoms with Crippen molar-refractivity contribution >= 4 is 45.0 Å². The third kappa shape index (κ3) is 3.82. The standard InChI is InChI=1S/C16H15N3O5S2/c1-24-12-4-3-10(7-14(12)26(17,22)23)18-16(21)9-2-5-13-11(6-9)19-15(20)8-25-13/h2-7H,8H2,1H3,(H,18,21)(H,19,20)(H2,17,22,23). The number of anilines is 2. The summed E-state index contributed by atoms with van der Waals surface area (Å²) in [5.41, 5.74) is 1.13. The molecule has 1 aliphatic heterocycles.